The second-order valence-electron chi connectivity index (χ2n) is 7.13. The first kappa shape index (κ1) is 13.2. The van der Waals surface area contributed by atoms with Crippen LogP contribution in [0.25, 0.3) is 0 Å². The van der Waals surface area contributed by atoms with Gasteiger partial charge in [0.15, 0.2) is 0 Å². The molecule has 2 heteroatoms. The quantitative estimate of drug-likeness (QED) is 0.806. The van der Waals surface area contributed by atoms with Crippen molar-refractivity contribution in [3.8, 4) is 0 Å². The van der Waals surface area contributed by atoms with Crippen LogP contribution >= 0.6 is 11.6 Å². The maximum atomic E-state index is 6.29. The van der Waals surface area contributed by atoms with Gasteiger partial charge >= 0.3 is 0 Å². The third kappa shape index (κ3) is 2.76. The van der Waals surface area contributed by atoms with Crippen molar-refractivity contribution in [1.29, 1.82) is 0 Å². The summed E-state index contributed by atoms with van der Waals surface area (Å²) in [5, 5.41) is 4.79. The molecule has 1 nitrogen and oxygen atoms in total. The molecule has 3 fully saturated rings. The average Bonchev–Trinajstić information content (AvgIpc) is 3.25. The Hall–Kier alpha value is -0.530. The Morgan fingerprint density at radius 3 is 2.30 bits per heavy atom. The molecule has 20 heavy (non-hydrogen) atoms. The zero-order valence-electron chi connectivity index (χ0n) is 12.0. The molecule has 0 aromatic heterocycles. The van der Waals surface area contributed by atoms with Crippen molar-refractivity contribution in [2.75, 3.05) is 6.54 Å². The molecule has 108 valence electrons. The van der Waals surface area contributed by atoms with Crippen molar-refractivity contribution in [3.05, 3.63) is 34.9 Å². The van der Waals surface area contributed by atoms with Gasteiger partial charge in [-0.3, -0.25) is 0 Å². The molecule has 3 saturated carbocycles. The molecule has 0 amide bonds. The molecule has 0 saturated heterocycles. The number of hydrogen-bond acceptors (Lipinski definition) is 1. The van der Waals surface area contributed by atoms with E-state index in [1.54, 1.807) is 0 Å². The number of halogens is 1. The minimum atomic E-state index is 0.682. The van der Waals surface area contributed by atoms with Crippen molar-refractivity contribution >= 4 is 11.6 Å². The summed E-state index contributed by atoms with van der Waals surface area (Å²) >= 11 is 6.29. The van der Waals surface area contributed by atoms with Gasteiger partial charge in [-0.25, -0.2) is 0 Å². The first-order valence-electron chi connectivity index (χ1n) is 8.29. The highest BCUT2D eigenvalue weighted by Crippen LogP contribution is 2.49. The summed E-state index contributed by atoms with van der Waals surface area (Å²) in [4.78, 5) is 0. The van der Waals surface area contributed by atoms with Crippen LogP contribution in [-0.2, 0) is 0 Å². The largest absolute Gasteiger partial charge is 0.314 e. The van der Waals surface area contributed by atoms with Crippen molar-refractivity contribution in [3.63, 3.8) is 0 Å². The maximum Gasteiger partial charge on any atom is 0.0440 e. The van der Waals surface area contributed by atoms with E-state index in [0.717, 1.165) is 28.8 Å². The second-order valence-corrected chi connectivity index (χ2v) is 7.54. The van der Waals surface area contributed by atoms with Crippen LogP contribution in [0.2, 0.25) is 5.02 Å². The molecule has 0 unspecified atom stereocenters. The van der Waals surface area contributed by atoms with E-state index in [-0.39, 0.29) is 0 Å². The lowest BCUT2D eigenvalue weighted by molar-refractivity contribution is 0.259. The van der Waals surface area contributed by atoms with Crippen LogP contribution < -0.4 is 5.32 Å². The number of benzene rings is 1. The number of nitrogens with one attached hydrogen (secondary N) is 1. The third-order valence-corrected chi connectivity index (χ3v) is 5.92. The fourth-order valence-electron chi connectivity index (χ4n) is 3.91. The minimum absolute atomic E-state index is 0.682. The highest BCUT2D eigenvalue weighted by Gasteiger charge is 2.42. The molecule has 1 aromatic carbocycles. The van der Waals surface area contributed by atoms with Gasteiger partial charge in [0.25, 0.3) is 0 Å². The normalized spacial score (nSPS) is 29.5. The fourth-order valence-corrected chi connectivity index (χ4v) is 4.20. The first-order chi connectivity index (χ1) is 9.81. The Morgan fingerprint density at radius 1 is 1.05 bits per heavy atom. The fraction of sp³-hybridized carbons (Fsp3) is 0.667. The zero-order valence-corrected chi connectivity index (χ0v) is 12.8. The lowest BCUT2D eigenvalue weighted by atomic mass is 9.75. The van der Waals surface area contributed by atoms with Gasteiger partial charge in [0.1, 0.15) is 0 Å². The Morgan fingerprint density at radius 2 is 1.70 bits per heavy atom. The van der Waals surface area contributed by atoms with Crippen LogP contribution in [0.15, 0.2) is 24.3 Å². The van der Waals surface area contributed by atoms with Crippen molar-refractivity contribution < 1.29 is 0 Å². The van der Waals surface area contributed by atoms with E-state index < -0.39 is 0 Å². The van der Waals surface area contributed by atoms with Gasteiger partial charge in [0.2, 0.25) is 0 Å². The van der Waals surface area contributed by atoms with E-state index in [4.69, 9.17) is 11.6 Å². The molecule has 0 heterocycles. The molecule has 3 aliphatic carbocycles. The standard InChI is InChI=1S/C18H24ClN/c19-18-4-2-1-3-16(18)14-9-15(10-14)20-11-17(12-5-6-12)13-7-8-13/h1-4,12-15,17,20H,5-11H2. The van der Waals surface area contributed by atoms with Gasteiger partial charge in [-0.2, -0.15) is 0 Å². The summed E-state index contributed by atoms with van der Waals surface area (Å²) < 4.78 is 0. The van der Waals surface area contributed by atoms with Gasteiger partial charge in [0, 0.05) is 11.1 Å². The molecule has 0 bridgehead atoms. The molecule has 1 N–H and O–H groups in total. The van der Waals surface area contributed by atoms with Gasteiger partial charge < -0.3 is 5.32 Å². The minimum Gasteiger partial charge on any atom is -0.314 e. The van der Waals surface area contributed by atoms with Crippen LogP contribution in [0.4, 0.5) is 0 Å². The van der Waals surface area contributed by atoms with E-state index >= 15 is 0 Å². The SMILES string of the molecule is Clc1ccccc1C1CC(NCC(C2CC2)C2CC2)C1. The van der Waals surface area contributed by atoms with Crippen molar-refractivity contribution in [2.24, 2.45) is 17.8 Å². The lowest BCUT2D eigenvalue weighted by Crippen LogP contribution is -2.42. The Labute approximate surface area is 127 Å². The van der Waals surface area contributed by atoms with Gasteiger partial charge in [0.05, 0.1) is 0 Å². The highest BCUT2D eigenvalue weighted by molar-refractivity contribution is 6.31. The van der Waals surface area contributed by atoms with Gasteiger partial charge in [-0.15, -0.1) is 0 Å². The topological polar surface area (TPSA) is 12.0 Å². The van der Waals surface area contributed by atoms with E-state index in [0.29, 0.717) is 5.92 Å². The molecule has 1 aromatic rings. The Kier molecular flexibility index (Phi) is 3.52. The summed E-state index contributed by atoms with van der Waals surface area (Å²) in [6.07, 6.45) is 8.52. The second kappa shape index (κ2) is 5.35. The Balaban J connectivity index is 1.26. The molecule has 0 spiro atoms. The lowest BCUT2D eigenvalue weighted by Gasteiger charge is -2.37. The highest BCUT2D eigenvalue weighted by atomic mass is 35.5. The van der Waals surface area contributed by atoms with E-state index in [9.17, 15) is 0 Å². The van der Waals surface area contributed by atoms with Crippen molar-refractivity contribution in [2.45, 2.75) is 50.5 Å². The molecule has 0 atom stereocenters. The maximum absolute atomic E-state index is 6.29. The van der Waals surface area contributed by atoms with Crippen molar-refractivity contribution in [1.82, 2.24) is 5.32 Å². The molecule has 3 aliphatic rings. The molecule has 0 aliphatic heterocycles. The third-order valence-electron chi connectivity index (χ3n) is 5.58. The summed E-state index contributed by atoms with van der Waals surface area (Å²) in [7, 11) is 0. The zero-order chi connectivity index (χ0) is 13.5. The number of hydrogen-bond donors (Lipinski definition) is 1. The van der Waals surface area contributed by atoms with E-state index in [2.05, 4.69) is 17.4 Å². The van der Waals surface area contributed by atoms with E-state index in [1.807, 2.05) is 12.1 Å². The summed E-state index contributed by atoms with van der Waals surface area (Å²) in [5.74, 6) is 3.81. The monoisotopic (exact) mass is 289 g/mol. The van der Waals surface area contributed by atoms with Gasteiger partial charge in [-0.1, -0.05) is 29.8 Å². The van der Waals surface area contributed by atoms with Crippen LogP contribution in [0.3, 0.4) is 0 Å². The molecular formula is C18H24ClN. The van der Waals surface area contributed by atoms with Crippen LogP contribution in [0, 0.1) is 17.8 Å². The molecule has 4 rings (SSSR count). The Bertz CT molecular complexity index is 460. The predicted octanol–water partition coefficient (Wildman–Crippen LogP) is 4.61. The number of rotatable bonds is 6. The summed E-state index contributed by atoms with van der Waals surface area (Å²) in [6.45, 7) is 1.27. The van der Waals surface area contributed by atoms with E-state index in [1.165, 1.54) is 50.6 Å². The average molecular weight is 290 g/mol. The molecule has 0 radical (unpaired) electrons. The summed E-state index contributed by atoms with van der Waals surface area (Å²) in [6, 6.07) is 9.08. The smallest absolute Gasteiger partial charge is 0.0440 e. The predicted molar refractivity (Wildman–Crippen MR) is 84.2 cm³/mol. The first-order valence-corrected chi connectivity index (χ1v) is 8.67. The van der Waals surface area contributed by atoms with Crippen LogP contribution in [-0.4, -0.2) is 12.6 Å². The van der Waals surface area contributed by atoms with Crippen LogP contribution in [0.1, 0.15) is 50.0 Å². The van der Waals surface area contributed by atoms with Crippen LogP contribution in [0.5, 0.6) is 0 Å². The molecular weight excluding hydrogens is 266 g/mol. The summed E-state index contributed by atoms with van der Waals surface area (Å²) in [5.41, 5.74) is 1.35. The van der Waals surface area contributed by atoms with Gasteiger partial charge in [-0.05, 0) is 80.4 Å².